The van der Waals surface area contributed by atoms with Gasteiger partial charge in [0.2, 0.25) is 0 Å². The summed E-state index contributed by atoms with van der Waals surface area (Å²) in [6.07, 6.45) is 12.4. The van der Waals surface area contributed by atoms with Crippen LogP contribution in [-0.2, 0) is 0 Å². The highest BCUT2D eigenvalue weighted by Gasteiger charge is 2.25. The van der Waals surface area contributed by atoms with Crippen molar-refractivity contribution in [2.75, 3.05) is 0 Å². The minimum atomic E-state index is 0.256. The van der Waals surface area contributed by atoms with Gasteiger partial charge in [0.25, 0.3) is 0 Å². The molecule has 196 valence electrons. The van der Waals surface area contributed by atoms with Gasteiger partial charge in [0.1, 0.15) is 11.2 Å². The quantitative estimate of drug-likeness (QED) is 0.228. The maximum Gasteiger partial charge on any atom is 0.164 e. The molecule has 2 aliphatic rings. The summed E-state index contributed by atoms with van der Waals surface area (Å²) in [5, 5.41) is 2.10. The number of aromatic nitrogens is 3. The summed E-state index contributed by atoms with van der Waals surface area (Å²) in [5.41, 5.74) is 8.67. The lowest BCUT2D eigenvalue weighted by molar-refractivity contribution is 0.666. The van der Waals surface area contributed by atoms with E-state index < -0.39 is 0 Å². The number of nitrogens with zero attached hydrogens (tertiary/aromatic N) is 3. The SMILES string of the molecule is C1=CC2=C(C=CCC2c2cc(-c3nc(-c4ccccc4)nc(-c4ccccc4)n3)c3c(c2)oc2ccccc23)CC1. The Balaban J connectivity index is 1.41. The van der Waals surface area contributed by atoms with Crippen LogP contribution in [0.15, 0.2) is 137 Å². The minimum Gasteiger partial charge on any atom is -0.456 e. The topological polar surface area (TPSA) is 51.8 Å². The zero-order valence-electron chi connectivity index (χ0n) is 22.5. The van der Waals surface area contributed by atoms with Gasteiger partial charge in [0.05, 0.1) is 0 Å². The van der Waals surface area contributed by atoms with Crippen LogP contribution in [0.4, 0.5) is 0 Å². The maximum absolute atomic E-state index is 6.49. The standard InChI is InChI=1S/C37H27N3O/c1-3-13-25(14-4-1)35-38-36(26-15-5-2-6-16-26)40-37(39-35)31-22-27(29-20-11-17-24-12-7-8-18-28(24)29)23-33-34(31)30-19-9-10-21-32(30)41-33/h1-6,8-11,13-19,21-23,29H,7,12,20H2. The fourth-order valence-corrected chi connectivity index (χ4v) is 6.19. The van der Waals surface area contributed by atoms with Crippen LogP contribution >= 0.6 is 0 Å². The molecule has 0 fully saturated rings. The van der Waals surface area contributed by atoms with Crippen LogP contribution in [0.2, 0.25) is 0 Å². The molecule has 0 N–H and O–H groups in total. The third kappa shape index (κ3) is 4.20. The van der Waals surface area contributed by atoms with Crippen molar-refractivity contribution in [2.45, 2.75) is 25.2 Å². The van der Waals surface area contributed by atoms with Crippen LogP contribution in [0.1, 0.15) is 30.7 Å². The van der Waals surface area contributed by atoms with Crippen molar-refractivity contribution in [3.8, 4) is 34.2 Å². The van der Waals surface area contributed by atoms with Crippen molar-refractivity contribution < 1.29 is 4.42 Å². The van der Waals surface area contributed by atoms with Gasteiger partial charge in [-0.2, -0.15) is 0 Å². The Morgan fingerprint density at radius 3 is 2.07 bits per heavy atom. The van der Waals surface area contributed by atoms with Crippen LogP contribution in [0.25, 0.3) is 56.1 Å². The molecule has 0 saturated carbocycles. The van der Waals surface area contributed by atoms with E-state index in [1.54, 1.807) is 0 Å². The molecule has 0 aliphatic heterocycles. The van der Waals surface area contributed by atoms with Gasteiger partial charge in [-0.15, -0.1) is 0 Å². The van der Waals surface area contributed by atoms with Crippen molar-refractivity contribution in [3.05, 3.63) is 138 Å². The zero-order chi connectivity index (χ0) is 27.2. The second kappa shape index (κ2) is 9.83. The summed E-state index contributed by atoms with van der Waals surface area (Å²) < 4.78 is 6.49. The third-order valence-corrected chi connectivity index (χ3v) is 8.16. The Hall–Kier alpha value is -5.09. The van der Waals surface area contributed by atoms with E-state index in [0.29, 0.717) is 17.5 Å². The molecule has 2 aliphatic carbocycles. The second-order valence-electron chi connectivity index (χ2n) is 10.7. The van der Waals surface area contributed by atoms with E-state index in [2.05, 4.69) is 48.6 Å². The third-order valence-electron chi connectivity index (χ3n) is 8.16. The van der Waals surface area contributed by atoms with Crippen LogP contribution < -0.4 is 0 Å². The number of hydrogen-bond donors (Lipinski definition) is 0. The lowest BCUT2D eigenvalue weighted by atomic mass is 9.78. The highest BCUT2D eigenvalue weighted by molar-refractivity contribution is 6.12. The van der Waals surface area contributed by atoms with Gasteiger partial charge in [0, 0.05) is 33.4 Å². The molecule has 2 aromatic heterocycles. The number of fused-ring (bicyclic) bond motifs is 3. The monoisotopic (exact) mass is 529 g/mol. The summed E-state index contributed by atoms with van der Waals surface area (Å²) in [6.45, 7) is 0. The first-order chi connectivity index (χ1) is 20.3. The fourth-order valence-electron chi connectivity index (χ4n) is 6.19. The number of para-hydroxylation sites is 1. The van der Waals surface area contributed by atoms with E-state index in [-0.39, 0.29) is 5.92 Å². The predicted molar refractivity (Wildman–Crippen MR) is 165 cm³/mol. The smallest absolute Gasteiger partial charge is 0.164 e. The van der Waals surface area contributed by atoms with Gasteiger partial charge in [-0.05, 0) is 54.2 Å². The Kier molecular flexibility index (Phi) is 5.70. The van der Waals surface area contributed by atoms with Crippen LogP contribution in [0.5, 0.6) is 0 Å². The molecule has 1 unspecified atom stereocenters. The molecule has 6 aromatic rings. The number of furan rings is 1. The van der Waals surface area contributed by atoms with E-state index in [1.807, 2.05) is 72.8 Å². The Labute approximate surface area is 238 Å². The van der Waals surface area contributed by atoms with Gasteiger partial charge >= 0.3 is 0 Å². The molecule has 0 spiro atoms. The Bertz CT molecular complexity index is 1960. The van der Waals surface area contributed by atoms with Crippen molar-refractivity contribution in [3.63, 3.8) is 0 Å². The normalized spacial score (nSPS) is 16.4. The second-order valence-corrected chi connectivity index (χ2v) is 10.7. The van der Waals surface area contributed by atoms with Gasteiger partial charge in [-0.25, -0.2) is 15.0 Å². The number of benzene rings is 4. The zero-order valence-corrected chi connectivity index (χ0v) is 22.5. The van der Waals surface area contributed by atoms with Crippen LogP contribution in [0, 0.1) is 0 Å². The molecule has 4 heteroatoms. The summed E-state index contributed by atoms with van der Waals surface area (Å²) in [7, 11) is 0. The van der Waals surface area contributed by atoms with Crippen molar-refractivity contribution in [1.29, 1.82) is 0 Å². The lowest BCUT2D eigenvalue weighted by Crippen LogP contribution is -2.09. The highest BCUT2D eigenvalue weighted by atomic mass is 16.3. The average Bonchev–Trinajstić information content (AvgIpc) is 3.43. The summed E-state index contributed by atoms with van der Waals surface area (Å²) in [4.78, 5) is 15.1. The van der Waals surface area contributed by atoms with Gasteiger partial charge in [0.15, 0.2) is 17.5 Å². The maximum atomic E-state index is 6.49. The van der Waals surface area contributed by atoms with Crippen molar-refractivity contribution in [1.82, 2.24) is 15.0 Å². The van der Waals surface area contributed by atoms with E-state index in [4.69, 9.17) is 19.4 Å². The molecule has 0 radical (unpaired) electrons. The summed E-state index contributed by atoms with van der Waals surface area (Å²) in [5.74, 6) is 2.21. The number of rotatable bonds is 4. The summed E-state index contributed by atoms with van der Waals surface area (Å²) in [6, 6.07) is 33.0. The minimum absolute atomic E-state index is 0.256. The lowest BCUT2D eigenvalue weighted by Gasteiger charge is -2.26. The molecular formula is C37H27N3O. The summed E-state index contributed by atoms with van der Waals surface area (Å²) >= 11 is 0. The van der Waals surface area contributed by atoms with Crippen LogP contribution in [0.3, 0.4) is 0 Å². The first-order valence-corrected chi connectivity index (χ1v) is 14.2. The largest absolute Gasteiger partial charge is 0.456 e. The molecule has 41 heavy (non-hydrogen) atoms. The molecule has 8 rings (SSSR count). The average molecular weight is 530 g/mol. The van der Waals surface area contributed by atoms with Gasteiger partial charge in [-0.1, -0.05) is 103 Å². The molecule has 1 atom stereocenters. The van der Waals surface area contributed by atoms with E-state index in [0.717, 1.165) is 57.9 Å². The van der Waals surface area contributed by atoms with E-state index >= 15 is 0 Å². The predicted octanol–water partition coefficient (Wildman–Crippen LogP) is 9.46. The van der Waals surface area contributed by atoms with E-state index in [9.17, 15) is 0 Å². The van der Waals surface area contributed by atoms with Gasteiger partial charge < -0.3 is 4.42 Å². The first-order valence-electron chi connectivity index (χ1n) is 14.2. The fraction of sp³-hybridized carbons (Fsp3) is 0.108. The van der Waals surface area contributed by atoms with Gasteiger partial charge in [-0.3, -0.25) is 0 Å². The Morgan fingerprint density at radius 1 is 0.634 bits per heavy atom. The number of allylic oxidation sites excluding steroid dienone is 6. The van der Waals surface area contributed by atoms with E-state index in [1.165, 1.54) is 16.7 Å². The molecule has 4 nitrogen and oxygen atoms in total. The molecule has 0 amide bonds. The molecule has 2 heterocycles. The molecular weight excluding hydrogens is 502 g/mol. The Morgan fingerprint density at radius 2 is 1.32 bits per heavy atom. The number of hydrogen-bond acceptors (Lipinski definition) is 4. The van der Waals surface area contributed by atoms with Crippen LogP contribution in [-0.4, -0.2) is 15.0 Å². The molecule has 0 bridgehead atoms. The highest BCUT2D eigenvalue weighted by Crippen LogP contribution is 2.43. The first kappa shape index (κ1) is 23.8. The van der Waals surface area contributed by atoms with Crippen molar-refractivity contribution >= 4 is 21.9 Å². The van der Waals surface area contributed by atoms with Crippen molar-refractivity contribution in [2.24, 2.45) is 0 Å². The molecule has 0 saturated heterocycles. The molecule has 4 aromatic carbocycles.